The van der Waals surface area contributed by atoms with Crippen LogP contribution >= 0.6 is 50.9 Å². The molecule has 2 amide bonds. The van der Waals surface area contributed by atoms with E-state index < -0.39 is 17.0 Å². The van der Waals surface area contributed by atoms with Crippen molar-refractivity contribution < 1.29 is 23.5 Å². The minimum absolute atomic E-state index is 0.0955. The lowest BCUT2D eigenvalue weighted by Crippen LogP contribution is -2.32. The van der Waals surface area contributed by atoms with Gasteiger partial charge in [0, 0.05) is 20.6 Å². The van der Waals surface area contributed by atoms with E-state index in [1.165, 1.54) is 12.1 Å². The van der Waals surface area contributed by atoms with Crippen molar-refractivity contribution >= 4 is 68.1 Å². The van der Waals surface area contributed by atoms with E-state index in [9.17, 15) is 14.0 Å². The van der Waals surface area contributed by atoms with Crippen molar-refractivity contribution in [1.82, 2.24) is 4.90 Å². The predicted molar refractivity (Wildman–Crippen MR) is 140 cm³/mol. The number of imide groups is 1. The summed E-state index contributed by atoms with van der Waals surface area (Å²) in [6, 6.07) is 16.4. The van der Waals surface area contributed by atoms with E-state index in [4.69, 9.17) is 32.7 Å². The Morgan fingerprint density at radius 2 is 1.80 bits per heavy atom. The first kappa shape index (κ1) is 25.6. The summed E-state index contributed by atoms with van der Waals surface area (Å²) in [6.07, 6.45) is 1.58. The maximum absolute atomic E-state index is 14.1. The lowest BCUT2D eigenvalue weighted by Gasteiger charge is -2.13. The second-order valence-electron chi connectivity index (χ2n) is 7.31. The third kappa shape index (κ3) is 6.38. The third-order valence-corrected chi connectivity index (χ3v) is 6.97. The molecule has 0 atom stereocenters. The van der Waals surface area contributed by atoms with Crippen molar-refractivity contribution in [2.24, 2.45) is 0 Å². The number of hydrogen-bond acceptors (Lipinski definition) is 5. The number of carbonyl (C=O) groups is 2. The van der Waals surface area contributed by atoms with E-state index in [1.807, 2.05) is 0 Å². The molecule has 0 bridgehead atoms. The first-order valence-electron chi connectivity index (χ1n) is 10.3. The van der Waals surface area contributed by atoms with Gasteiger partial charge in [0.25, 0.3) is 11.1 Å². The van der Waals surface area contributed by atoms with Crippen molar-refractivity contribution in [1.29, 1.82) is 0 Å². The number of halogens is 4. The molecule has 0 radical (unpaired) electrons. The number of amides is 2. The maximum Gasteiger partial charge on any atom is 0.293 e. The average Bonchev–Trinajstić information content (AvgIpc) is 3.08. The third-order valence-electron chi connectivity index (χ3n) is 4.96. The molecule has 1 fully saturated rings. The first-order valence-corrected chi connectivity index (χ1v) is 12.7. The van der Waals surface area contributed by atoms with Gasteiger partial charge in [0.1, 0.15) is 30.5 Å². The second kappa shape index (κ2) is 11.5. The number of thioether (sulfide) groups is 1. The smallest absolute Gasteiger partial charge is 0.293 e. The van der Waals surface area contributed by atoms with Crippen LogP contribution < -0.4 is 9.47 Å². The fraction of sp³-hybridized carbons (Fsp3) is 0.120. The quantitative estimate of drug-likeness (QED) is 0.251. The van der Waals surface area contributed by atoms with Gasteiger partial charge in [-0.25, -0.2) is 4.39 Å². The summed E-state index contributed by atoms with van der Waals surface area (Å²) < 4.78 is 26.3. The van der Waals surface area contributed by atoms with Gasteiger partial charge in [0.05, 0.1) is 16.5 Å². The van der Waals surface area contributed by atoms with Crippen LogP contribution in [0.3, 0.4) is 0 Å². The first-order chi connectivity index (χ1) is 16.8. The fourth-order valence-electron chi connectivity index (χ4n) is 3.20. The van der Waals surface area contributed by atoms with Crippen LogP contribution in [0.2, 0.25) is 10.0 Å². The van der Waals surface area contributed by atoms with Gasteiger partial charge in [0.2, 0.25) is 0 Å². The Hall–Kier alpha value is -2.52. The molecule has 1 saturated heterocycles. The van der Waals surface area contributed by atoms with E-state index in [1.54, 1.807) is 54.6 Å². The van der Waals surface area contributed by atoms with Crippen LogP contribution in [0.5, 0.6) is 11.5 Å². The summed E-state index contributed by atoms with van der Waals surface area (Å²) in [7, 11) is 0. The summed E-state index contributed by atoms with van der Waals surface area (Å²) in [5, 5.41) is 0.448. The van der Waals surface area contributed by atoms with Gasteiger partial charge in [-0.15, -0.1) is 0 Å². The van der Waals surface area contributed by atoms with Crippen molar-refractivity contribution in [2.45, 2.75) is 6.61 Å². The van der Waals surface area contributed by atoms with E-state index in [-0.39, 0.29) is 35.2 Å². The molecule has 180 valence electrons. The Bertz CT molecular complexity index is 1280. The van der Waals surface area contributed by atoms with Crippen LogP contribution in [0, 0.1) is 5.82 Å². The molecule has 0 saturated carbocycles. The highest BCUT2D eigenvalue weighted by atomic mass is 79.9. The molecule has 0 spiro atoms. The standard InChI is InChI=1S/C25H17BrCl2FNO4S/c26-16-4-9-22(34-14-19-20(28)2-1-3-21(19)29)15(12-16)13-23-24(31)30(25(32)35-23)10-11-33-18-7-5-17(27)6-8-18/h1-9,12-13H,10-11,14H2/b23-13-. The minimum atomic E-state index is -0.474. The summed E-state index contributed by atoms with van der Waals surface area (Å²) in [5.74, 6) is 0.0917. The summed E-state index contributed by atoms with van der Waals surface area (Å²) in [5.41, 5.74) is 0.777. The summed E-state index contributed by atoms with van der Waals surface area (Å²) in [4.78, 5) is 26.7. The number of carbonyl (C=O) groups excluding carboxylic acids is 2. The molecule has 1 heterocycles. The Morgan fingerprint density at radius 3 is 2.54 bits per heavy atom. The second-order valence-corrected chi connectivity index (χ2v) is 10.1. The molecule has 4 rings (SSSR count). The number of nitrogens with zero attached hydrogens (tertiary/aromatic N) is 1. The zero-order valence-electron chi connectivity index (χ0n) is 18.0. The fourth-order valence-corrected chi connectivity index (χ4v) is 4.78. The number of rotatable bonds is 8. The lowest BCUT2D eigenvalue weighted by molar-refractivity contribution is -0.123. The molecular formula is C25H17BrCl2FNO4S. The molecule has 0 N–H and O–H groups in total. The van der Waals surface area contributed by atoms with E-state index in [0.29, 0.717) is 22.1 Å². The molecule has 35 heavy (non-hydrogen) atoms. The minimum Gasteiger partial charge on any atom is -0.492 e. The SMILES string of the molecule is O=C1S/C(=C\c2cc(Br)ccc2OCc2c(F)cccc2Cl)C(=O)N1CCOc1ccc(Cl)cc1. The molecular weight excluding hydrogens is 580 g/mol. The van der Waals surface area contributed by atoms with Gasteiger partial charge in [-0.3, -0.25) is 14.5 Å². The number of ether oxygens (including phenoxy) is 2. The monoisotopic (exact) mass is 595 g/mol. The largest absolute Gasteiger partial charge is 0.492 e. The van der Waals surface area contributed by atoms with Crippen LogP contribution in [-0.4, -0.2) is 29.2 Å². The van der Waals surface area contributed by atoms with Crippen molar-refractivity contribution in [3.8, 4) is 11.5 Å². The topological polar surface area (TPSA) is 55.8 Å². The van der Waals surface area contributed by atoms with Crippen LogP contribution in [0.15, 0.2) is 70.0 Å². The van der Waals surface area contributed by atoms with Crippen LogP contribution in [0.25, 0.3) is 6.08 Å². The number of hydrogen-bond donors (Lipinski definition) is 0. The summed E-state index contributed by atoms with van der Waals surface area (Å²) >= 11 is 16.2. The van der Waals surface area contributed by atoms with Gasteiger partial charge in [-0.1, -0.05) is 45.2 Å². The van der Waals surface area contributed by atoms with Crippen LogP contribution in [0.4, 0.5) is 9.18 Å². The molecule has 0 aliphatic carbocycles. The Labute approximate surface area is 223 Å². The Kier molecular flexibility index (Phi) is 8.38. The van der Waals surface area contributed by atoms with E-state index in [0.717, 1.165) is 21.1 Å². The zero-order chi connectivity index (χ0) is 24.9. The molecule has 3 aromatic carbocycles. The normalized spacial score (nSPS) is 14.6. The molecule has 1 aliphatic rings. The van der Waals surface area contributed by atoms with Crippen molar-refractivity contribution in [2.75, 3.05) is 13.2 Å². The molecule has 3 aromatic rings. The van der Waals surface area contributed by atoms with Crippen LogP contribution in [0.1, 0.15) is 11.1 Å². The molecule has 5 nitrogen and oxygen atoms in total. The molecule has 0 aromatic heterocycles. The van der Waals surface area contributed by atoms with E-state index >= 15 is 0 Å². The van der Waals surface area contributed by atoms with Crippen LogP contribution in [-0.2, 0) is 11.4 Å². The van der Waals surface area contributed by atoms with Gasteiger partial charge < -0.3 is 9.47 Å². The Morgan fingerprint density at radius 1 is 1.03 bits per heavy atom. The average molecular weight is 597 g/mol. The van der Waals surface area contributed by atoms with Crippen molar-refractivity contribution in [3.05, 3.63) is 97.0 Å². The van der Waals surface area contributed by atoms with Gasteiger partial charge in [-0.05, 0) is 72.4 Å². The highest BCUT2D eigenvalue weighted by Crippen LogP contribution is 2.35. The van der Waals surface area contributed by atoms with Gasteiger partial charge in [0.15, 0.2) is 0 Å². The maximum atomic E-state index is 14.1. The highest BCUT2D eigenvalue weighted by Gasteiger charge is 2.35. The van der Waals surface area contributed by atoms with E-state index in [2.05, 4.69) is 15.9 Å². The lowest BCUT2D eigenvalue weighted by atomic mass is 10.1. The van der Waals surface area contributed by atoms with Crippen molar-refractivity contribution in [3.63, 3.8) is 0 Å². The van der Waals surface area contributed by atoms with Gasteiger partial charge >= 0.3 is 0 Å². The highest BCUT2D eigenvalue weighted by molar-refractivity contribution is 9.10. The predicted octanol–water partition coefficient (Wildman–Crippen LogP) is 7.59. The molecule has 0 unspecified atom stereocenters. The summed E-state index contributed by atoms with van der Waals surface area (Å²) in [6.45, 7) is 0.136. The zero-order valence-corrected chi connectivity index (χ0v) is 21.9. The van der Waals surface area contributed by atoms with Gasteiger partial charge in [-0.2, -0.15) is 0 Å². The molecule has 1 aliphatic heterocycles. The number of benzene rings is 3. The molecule has 10 heteroatoms. The Balaban J connectivity index is 1.46.